The summed E-state index contributed by atoms with van der Waals surface area (Å²) in [5, 5.41) is 2.53. The Bertz CT molecular complexity index is 1060. The zero-order chi connectivity index (χ0) is 22.6. The highest BCUT2D eigenvalue weighted by Gasteiger charge is 2.30. The predicted octanol–water partition coefficient (Wildman–Crippen LogP) is 5.21. The number of halogens is 5. The molecule has 1 N–H and O–H groups in total. The summed E-state index contributed by atoms with van der Waals surface area (Å²) in [4.78, 5) is 25.5. The molecule has 0 saturated heterocycles. The monoisotopic (exact) mass is 433 g/mol. The van der Waals surface area contributed by atoms with Crippen molar-refractivity contribution in [3.63, 3.8) is 0 Å². The molecule has 0 radical (unpaired) electrons. The smallest absolute Gasteiger partial charge is 0.342 e. The second kappa shape index (κ2) is 9.07. The first-order chi connectivity index (χ1) is 14.6. The molecule has 0 saturated carbocycles. The van der Waals surface area contributed by atoms with Crippen LogP contribution >= 0.6 is 0 Å². The number of carbonyl (C=O) groups excluding carboxylic acids is 2. The molecule has 8 heteroatoms. The number of ketones is 1. The molecule has 0 spiro atoms. The lowest BCUT2D eigenvalue weighted by Gasteiger charge is -2.19. The first-order valence-electron chi connectivity index (χ1n) is 9.16. The number of hydrogen-bond acceptors (Lipinski definition) is 2. The number of hydrogen-bond donors (Lipinski definition) is 1. The standard InChI is InChI=1S/C23H16F5NO2/c24-18-9-3-15(4-10-18)21(30)20(29-22(31)16-5-11-19(25)12-6-16)13-14-1-7-17(8-2-14)23(26,27)28/h1-12,20H,13H2,(H,29,31). The van der Waals surface area contributed by atoms with Crippen LogP contribution in [0.25, 0.3) is 0 Å². The lowest BCUT2D eigenvalue weighted by atomic mass is 9.96. The van der Waals surface area contributed by atoms with Crippen molar-refractivity contribution >= 4 is 11.7 Å². The Morgan fingerprint density at radius 2 is 1.23 bits per heavy atom. The van der Waals surface area contributed by atoms with Gasteiger partial charge in [0.2, 0.25) is 0 Å². The summed E-state index contributed by atoms with van der Waals surface area (Å²) in [6.07, 6.45) is -4.60. The lowest BCUT2D eigenvalue weighted by Crippen LogP contribution is -2.42. The van der Waals surface area contributed by atoms with Crippen molar-refractivity contribution in [3.8, 4) is 0 Å². The molecule has 0 aliphatic rings. The van der Waals surface area contributed by atoms with Crippen molar-refractivity contribution in [1.29, 1.82) is 0 Å². The van der Waals surface area contributed by atoms with E-state index in [1.165, 1.54) is 36.4 Å². The molecule has 0 aromatic heterocycles. The Hall–Kier alpha value is -3.55. The zero-order valence-electron chi connectivity index (χ0n) is 15.9. The fraction of sp³-hybridized carbons (Fsp3) is 0.130. The highest BCUT2D eigenvalue weighted by molar-refractivity contribution is 6.04. The van der Waals surface area contributed by atoms with E-state index in [-0.39, 0.29) is 17.5 Å². The van der Waals surface area contributed by atoms with Crippen LogP contribution < -0.4 is 5.32 Å². The molecule has 0 bridgehead atoms. The van der Waals surface area contributed by atoms with E-state index < -0.39 is 41.1 Å². The van der Waals surface area contributed by atoms with Gasteiger partial charge in [-0.1, -0.05) is 12.1 Å². The first kappa shape index (κ1) is 22.1. The van der Waals surface area contributed by atoms with Gasteiger partial charge in [0.15, 0.2) is 5.78 Å². The molecule has 1 amide bonds. The minimum atomic E-state index is -4.50. The summed E-state index contributed by atoms with van der Waals surface area (Å²) in [6, 6.07) is 12.4. The topological polar surface area (TPSA) is 46.2 Å². The van der Waals surface area contributed by atoms with Crippen LogP contribution in [-0.2, 0) is 12.6 Å². The van der Waals surface area contributed by atoms with Gasteiger partial charge in [-0.05, 0) is 66.2 Å². The van der Waals surface area contributed by atoms with Crippen LogP contribution in [0.4, 0.5) is 22.0 Å². The SMILES string of the molecule is O=C(NC(Cc1ccc(C(F)(F)F)cc1)C(=O)c1ccc(F)cc1)c1ccc(F)cc1. The van der Waals surface area contributed by atoms with Crippen LogP contribution in [-0.4, -0.2) is 17.7 Å². The van der Waals surface area contributed by atoms with Crippen LogP contribution in [0.2, 0.25) is 0 Å². The van der Waals surface area contributed by atoms with Gasteiger partial charge < -0.3 is 5.32 Å². The molecule has 3 aromatic carbocycles. The maximum atomic E-state index is 13.2. The summed E-state index contributed by atoms with van der Waals surface area (Å²) in [6.45, 7) is 0. The quantitative estimate of drug-likeness (QED) is 0.429. The molecule has 3 rings (SSSR count). The molecule has 1 unspecified atom stereocenters. The molecule has 160 valence electrons. The number of carbonyl (C=O) groups is 2. The fourth-order valence-electron chi connectivity index (χ4n) is 2.93. The van der Waals surface area contributed by atoms with Crippen molar-refractivity contribution in [2.45, 2.75) is 18.6 Å². The summed E-state index contributed by atoms with van der Waals surface area (Å²) < 4.78 is 64.6. The molecule has 0 fully saturated rings. The third-order valence-corrected chi connectivity index (χ3v) is 4.58. The van der Waals surface area contributed by atoms with E-state index in [1.54, 1.807) is 0 Å². The number of benzene rings is 3. The van der Waals surface area contributed by atoms with Gasteiger partial charge in [-0.3, -0.25) is 9.59 Å². The molecular formula is C23H16F5NO2. The van der Waals surface area contributed by atoms with E-state index in [2.05, 4.69) is 5.32 Å². The number of alkyl halides is 3. The van der Waals surface area contributed by atoms with Crippen LogP contribution in [0.5, 0.6) is 0 Å². The maximum Gasteiger partial charge on any atom is 0.416 e. The van der Waals surface area contributed by atoms with Gasteiger partial charge in [-0.15, -0.1) is 0 Å². The van der Waals surface area contributed by atoms with E-state index in [0.29, 0.717) is 5.56 Å². The Balaban J connectivity index is 1.86. The molecule has 0 aliphatic heterocycles. The largest absolute Gasteiger partial charge is 0.416 e. The summed E-state index contributed by atoms with van der Waals surface area (Å²) in [5.74, 6) is -2.30. The number of nitrogens with one attached hydrogen (secondary N) is 1. The second-order valence-corrected chi connectivity index (χ2v) is 6.80. The molecule has 0 heterocycles. The lowest BCUT2D eigenvalue weighted by molar-refractivity contribution is -0.137. The van der Waals surface area contributed by atoms with Gasteiger partial charge in [0.25, 0.3) is 5.91 Å². The minimum Gasteiger partial charge on any atom is -0.342 e. The number of Topliss-reactive ketones (excluding diaryl/α,β-unsaturated/α-hetero) is 1. The van der Waals surface area contributed by atoms with Crippen LogP contribution in [0.1, 0.15) is 31.8 Å². The Morgan fingerprint density at radius 1 is 0.742 bits per heavy atom. The summed E-state index contributed by atoms with van der Waals surface area (Å²) in [5.41, 5.74) is -0.232. The third-order valence-electron chi connectivity index (χ3n) is 4.58. The number of rotatable bonds is 6. The van der Waals surface area contributed by atoms with Crippen molar-refractivity contribution in [2.24, 2.45) is 0 Å². The van der Waals surface area contributed by atoms with Crippen LogP contribution in [0, 0.1) is 11.6 Å². The van der Waals surface area contributed by atoms with E-state index >= 15 is 0 Å². The van der Waals surface area contributed by atoms with Gasteiger partial charge >= 0.3 is 6.18 Å². The predicted molar refractivity (Wildman–Crippen MR) is 104 cm³/mol. The molecule has 1 atom stereocenters. The van der Waals surface area contributed by atoms with E-state index in [4.69, 9.17) is 0 Å². The van der Waals surface area contributed by atoms with Gasteiger partial charge in [-0.25, -0.2) is 8.78 Å². The average molecular weight is 433 g/mol. The highest BCUT2D eigenvalue weighted by Crippen LogP contribution is 2.29. The normalized spacial score (nSPS) is 12.3. The molecule has 3 nitrogen and oxygen atoms in total. The average Bonchev–Trinajstić information content (AvgIpc) is 2.73. The fourth-order valence-corrected chi connectivity index (χ4v) is 2.93. The highest BCUT2D eigenvalue weighted by atomic mass is 19.4. The molecule has 3 aromatic rings. The molecular weight excluding hydrogens is 417 g/mol. The van der Waals surface area contributed by atoms with Crippen LogP contribution in [0.3, 0.4) is 0 Å². The van der Waals surface area contributed by atoms with Crippen molar-refractivity contribution in [3.05, 3.63) is 107 Å². The van der Waals surface area contributed by atoms with Crippen molar-refractivity contribution in [1.82, 2.24) is 5.32 Å². The van der Waals surface area contributed by atoms with Gasteiger partial charge in [0.05, 0.1) is 11.6 Å². The van der Waals surface area contributed by atoms with E-state index in [9.17, 15) is 31.5 Å². The Kier molecular flexibility index (Phi) is 6.48. The van der Waals surface area contributed by atoms with Gasteiger partial charge in [0.1, 0.15) is 11.6 Å². The number of amides is 1. The molecule has 0 aliphatic carbocycles. The van der Waals surface area contributed by atoms with Gasteiger partial charge in [-0.2, -0.15) is 13.2 Å². The maximum absolute atomic E-state index is 13.2. The van der Waals surface area contributed by atoms with Gasteiger partial charge in [0, 0.05) is 17.5 Å². The van der Waals surface area contributed by atoms with Crippen molar-refractivity contribution < 1.29 is 31.5 Å². The zero-order valence-corrected chi connectivity index (χ0v) is 15.9. The van der Waals surface area contributed by atoms with Crippen LogP contribution in [0.15, 0.2) is 72.8 Å². The third kappa shape index (κ3) is 5.75. The van der Waals surface area contributed by atoms with Crippen molar-refractivity contribution in [2.75, 3.05) is 0 Å². The Morgan fingerprint density at radius 3 is 1.71 bits per heavy atom. The van der Waals surface area contributed by atoms with E-state index in [1.807, 2.05) is 0 Å². The Labute approximate surface area is 174 Å². The minimum absolute atomic E-state index is 0.0960. The summed E-state index contributed by atoms with van der Waals surface area (Å²) >= 11 is 0. The second-order valence-electron chi connectivity index (χ2n) is 6.80. The van der Waals surface area contributed by atoms with E-state index in [0.717, 1.165) is 36.4 Å². The summed E-state index contributed by atoms with van der Waals surface area (Å²) in [7, 11) is 0. The first-order valence-corrected chi connectivity index (χ1v) is 9.16. The molecule has 31 heavy (non-hydrogen) atoms.